The Bertz CT molecular complexity index is 958. The Labute approximate surface area is 157 Å². The molecule has 4 rings (SSSR count). The van der Waals surface area contributed by atoms with Gasteiger partial charge in [-0.3, -0.25) is 0 Å². The van der Waals surface area contributed by atoms with E-state index in [1.54, 1.807) is 18.9 Å². The maximum Gasteiger partial charge on any atom is 0.118 e. The van der Waals surface area contributed by atoms with Crippen molar-refractivity contribution in [3.05, 3.63) is 66.2 Å². The third kappa shape index (κ3) is 3.44. The van der Waals surface area contributed by atoms with Crippen LogP contribution < -0.4 is 4.74 Å². The van der Waals surface area contributed by atoms with Gasteiger partial charge in [-0.1, -0.05) is 42.5 Å². The molecule has 1 saturated carbocycles. The molecule has 0 bridgehead atoms. The van der Waals surface area contributed by atoms with Crippen LogP contribution in [-0.2, 0) is 0 Å². The Hall–Kier alpha value is -2.77. The van der Waals surface area contributed by atoms with Gasteiger partial charge in [0.15, 0.2) is 0 Å². The fraction of sp³-hybridized carbons (Fsp3) is 0.182. The number of thioether (sulfide) groups is 1. The van der Waals surface area contributed by atoms with Crippen LogP contribution in [0.15, 0.2) is 65.7 Å². The van der Waals surface area contributed by atoms with E-state index in [1.807, 2.05) is 48.5 Å². The highest BCUT2D eigenvalue weighted by Gasteiger charge is 2.26. The highest BCUT2D eigenvalue weighted by molar-refractivity contribution is 8.00. The van der Waals surface area contributed by atoms with Crippen molar-refractivity contribution in [3.63, 3.8) is 0 Å². The van der Waals surface area contributed by atoms with Crippen molar-refractivity contribution in [2.24, 2.45) is 0 Å². The Morgan fingerprint density at radius 1 is 1.04 bits per heavy atom. The van der Waals surface area contributed by atoms with Gasteiger partial charge in [0.2, 0.25) is 0 Å². The summed E-state index contributed by atoms with van der Waals surface area (Å²) in [5.74, 6) is 0.803. The first kappa shape index (κ1) is 16.7. The predicted octanol–water partition coefficient (Wildman–Crippen LogP) is 5.55. The Morgan fingerprint density at radius 2 is 1.77 bits per heavy atom. The van der Waals surface area contributed by atoms with E-state index in [1.165, 1.54) is 12.8 Å². The molecule has 1 aliphatic carbocycles. The van der Waals surface area contributed by atoms with Crippen molar-refractivity contribution in [1.29, 1.82) is 5.26 Å². The van der Waals surface area contributed by atoms with E-state index in [0.29, 0.717) is 10.8 Å². The molecule has 4 heteroatoms. The molecule has 26 heavy (non-hydrogen) atoms. The highest BCUT2D eigenvalue weighted by Crippen LogP contribution is 2.42. The van der Waals surface area contributed by atoms with Gasteiger partial charge in [0.1, 0.15) is 16.8 Å². The SMILES string of the molecule is COc1ccc(-c2cc(-c3ccccc3)nc(SC3CC3)c2C#N)cc1. The summed E-state index contributed by atoms with van der Waals surface area (Å²) in [6.45, 7) is 0. The molecule has 0 spiro atoms. The van der Waals surface area contributed by atoms with Gasteiger partial charge in [-0.15, -0.1) is 11.8 Å². The van der Waals surface area contributed by atoms with Crippen molar-refractivity contribution < 1.29 is 4.74 Å². The van der Waals surface area contributed by atoms with Crippen LogP contribution in [0.4, 0.5) is 0 Å². The van der Waals surface area contributed by atoms with Crippen molar-refractivity contribution in [2.45, 2.75) is 23.1 Å². The number of hydrogen-bond donors (Lipinski definition) is 0. The zero-order valence-electron chi connectivity index (χ0n) is 14.5. The van der Waals surface area contributed by atoms with E-state index in [2.05, 4.69) is 18.2 Å². The summed E-state index contributed by atoms with van der Waals surface area (Å²) in [4.78, 5) is 4.83. The molecular weight excluding hydrogens is 340 g/mol. The fourth-order valence-corrected chi connectivity index (χ4v) is 3.93. The van der Waals surface area contributed by atoms with Gasteiger partial charge in [0.25, 0.3) is 0 Å². The Kier molecular flexibility index (Phi) is 4.64. The molecule has 1 aliphatic rings. The molecule has 0 N–H and O–H groups in total. The molecule has 1 aromatic heterocycles. The molecule has 0 saturated heterocycles. The molecule has 0 aliphatic heterocycles. The zero-order chi connectivity index (χ0) is 17.9. The average molecular weight is 358 g/mol. The minimum Gasteiger partial charge on any atom is -0.497 e. The molecule has 128 valence electrons. The molecular formula is C22H18N2OS. The van der Waals surface area contributed by atoms with Crippen molar-refractivity contribution >= 4 is 11.8 Å². The van der Waals surface area contributed by atoms with Crippen molar-refractivity contribution in [1.82, 2.24) is 4.98 Å². The highest BCUT2D eigenvalue weighted by atomic mass is 32.2. The second-order valence-electron chi connectivity index (χ2n) is 6.26. The molecule has 3 nitrogen and oxygen atoms in total. The molecule has 0 atom stereocenters. The molecule has 0 radical (unpaired) electrons. The minimum absolute atomic E-state index is 0.587. The lowest BCUT2D eigenvalue weighted by atomic mass is 9.99. The van der Waals surface area contributed by atoms with Crippen LogP contribution in [0.25, 0.3) is 22.4 Å². The second-order valence-corrected chi connectivity index (χ2v) is 7.55. The largest absolute Gasteiger partial charge is 0.497 e. The average Bonchev–Trinajstić information content (AvgIpc) is 3.52. The Morgan fingerprint density at radius 3 is 2.38 bits per heavy atom. The van der Waals surface area contributed by atoms with Crippen molar-refractivity contribution in [2.75, 3.05) is 7.11 Å². The van der Waals surface area contributed by atoms with Gasteiger partial charge in [-0.2, -0.15) is 5.26 Å². The van der Waals surface area contributed by atoms with E-state index >= 15 is 0 Å². The van der Waals surface area contributed by atoms with Gasteiger partial charge in [-0.05, 0) is 36.6 Å². The van der Waals surface area contributed by atoms with Crippen LogP contribution in [0.3, 0.4) is 0 Å². The minimum atomic E-state index is 0.587. The first-order valence-corrected chi connectivity index (χ1v) is 9.48. The first-order valence-electron chi connectivity index (χ1n) is 8.60. The summed E-state index contributed by atoms with van der Waals surface area (Å²) in [7, 11) is 1.65. The third-order valence-electron chi connectivity index (χ3n) is 4.37. The van der Waals surface area contributed by atoms with Crippen LogP contribution >= 0.6 is 11.8 Å². The van der Waals surface area contributed by atoms with E-state index in [0.717, 1.165) is 33.2 Å². The third-order valence-corrected chi connectivity index (χ3v) is 5.69. The number of hydrogen-bond acceptors (Lipinski definition) is 4. The molecule has 3 aromatic rings. The fourth-order valence-electron chi connectivity index (χ4n) is 2.81. The van der Waals surface area contributed by atoms with Gasteiger partial charge < -0.3 is 4.74 Å². The summed E-state index contributed by atoms with van der Waals surface area (Å²) in [6, 6.07) is 22.4. The van der Waals surface area contributed by atoms with Crippen LogP contribution in [0.2, 0.25) is 0 Å². The number of pyridine rings is 1. The number of rotatable bonds is 5. The molecule has 2 aromatic carbocycles. The monoisotopic (exact) mass is 358 g/mol. The van der Waals surface area contributed by atoms with Crippen molar-refractivity contribution in [3.8, 4) is 34.2 Å². The molecule has 0 amide bonds. The van der Waals surface area contributed by atoms with E-state index in [9.17, 15) is 5.26 Å². The van der Waals surface area contributed by atoms with E-state index in [-0.39, 0.29) is 0 Å². The maximum absolute atomic E-state index is 9.83. The number of aromatic nitrogens is 1. The lowest BCUT2D eigenvalue weighted by Crippen LogP contribution is -1.96. The number of nitrogens with zero attached hydrogens (tertiary/aromatic N) is 2. The standard InChI is InChI=1S/C22H18N2OS/c1-25-17-9-7-15(8-10-17)19-13-21(16-5-3-2-4-6-16)24-22(20(19)14-23)26-18-11-12-18/h2-10,13,18H,11-12H2,1H3. The number of benzene rings is 2. The van der Waals surface area contributed by atoms with Gasteiger partial charge in [0.05, 0.1) is 18.4 Å². The maximum atomic E-state index is 9.83. The van der Waals surface area contributed by atoms with Crippen LogP contribution in [0.5, 0.6) is 5.75 Å². The van der Waals surface area contributed by atoms with Gasteiger partial charge in [-0.25, -0.2) is 4.98 Å². The Balaban J connectivity index is 1.88. The topological polar surface area (TPSA) is 45.9 Å². The number of ether oxygens (including phenoxy) is 1. The lowest BCUT2D eigenvalue weighted by Gasteiger charge is -2.12. The lowest BCUT2D eigenvalue weighted by molar-refractivity contribution is 0.415. The van der Waals surface area contributed by atoms with Crippen LogP contribution in [-0.4, -0.2) is 17.3 Å². The van der Waals surface area contributed by atoms with Crippen LogP contribution in [0.1, 0.15) is 18.4 Å². The zero-order valence-corrected chi connectivity index (χ0v) is 15.3. The summed E-state index contributed by atoms with van der Waals surface area (Å²) in [5, 5.41) is 11.3. The predicted molar refractivity (Wildman–Crippen MR) is 105 cm³/mol. The molecule has 1 fully saturated rings. The molecule has 0 unspecified atom stereocenters. The molecule has 1 heterocycles. The summed E-state index contributed by atoms with van der Waals surface area (Å²) >= 11 is 1.73. The summed E-state index contributed by atoms with van der Waals surface area (Å²) < 4.78 is 5.26. The smallest absolute Gasteiger partial charge is 0.118 e. The second kappa shape index (κ2) is 7.23. The van der Waals surface area contributed by atoms with Gasteiger partial charge >= 0.3 is 0 Å². The quantitative estimate of drug-likeness (QED) is 0.600. The van der Waals surface area contributed by atoms with E-state index in [4.69, 9.17) is 9.72 Å². The van der Waals surface area contributed by atoms with E-state index < -0.39 is 0 Å². The van der Waals surface area contributed by atoms with Gasteiger partial charge in [0, 0.05) is 16.4 Å². The number of nitriles is 1. The number of methoxy groups -OCH3 is 1. The summed E-state index contributed by atoms with van der Waals surface area (Å²) in [5.41, 5.74) is 4.54. The van der Waals surface area contributed by atoms with Crippen LogP contribution in [0, 0.1) is 11.3 Å². The summed E-state index contributed by atoms with van der Waals surface area (Å²) in [6.07, 6.45) is 2.40. The normalized spacial score (nSPS) is 13.2. The first-order chi connectivity index (χ1) is 12.8.